The average Bonchev–Trinajstić information content (AvgIpc) is 2.39. The van der Waals surface area contributed by atoms with E-state index in [0.717, 1.165) is 5.69 Å². The lowest BCUT2D eigenvalue weighted by Gasteiger charge is -2.11. The molecule has 0 aliphatic carbocycles. The van der Waals surface area contributed by atoms with Crippen molar-refractivity contribution in [1.29, 1.82) is 0 Å². The molecular formula is C14H13Cl2N3O. The number of carbonyl (C=O) groups excluding carboxylic acids is 1. The molecule has 0 unspecified atom stereocenters. The summed E-state index contributed by atoms with van der Waals surface area (Å²) in [4.78, 5) is 11.5. The monoisotopic (exact) mass is 309 g/mol. The van der Waals surface area contributed by atoms with Gasteiger partial charge in [-0.3, -0.25) is 4.79 Å². The molecule has 0 saturated carbocycles. The molecule has 2 rings (SSSR count). The molecule has 104 valence electrons. The summed E-state index contributed by atoms with van der Waals surface area (Å²) in [5, 5.41) is 6.71. The first kappa shape index (κ1) is 14.5. The van der Waals surface area contributed by atoms with Gasteiger partial charge in [-0.1, -0.05) is 23.2 Å². The van der Waals surface area contributed by atoms with E-state index in [1.165, 1.54) is 0 Å². The minimum Gasteiger partial charge on any atom is -0.397 e. The minimum absolute atomic E-state index is 0.186. The fourth-order valence-corrected chi connectivity index (χ4v) is 2.27. The average molecular weight is 310 g/mol. The van der Waals surface area contributed by atoms with Crippen molar-refractivity contribution < 1.29 is 4.79 Å². The van der Waals surface area contributed by atoms with Crippen LogP contribution in [0.1, 0.15) is 10.4 Å². The van der Waals surface area contributed by atoms with Crippen molar-refractivity contribution in [3.05, 3.63) is 52.0 Å². The third-order valence-electron chi connectivity index (χ3n) is 2.68. The molecule has 20 heavy (non-hydrogen) atoms. The maximum Gasteiger partial charge on any atom is 0.251 e. The van der Waals surface area contributed by atoms with E-state index in [0.29, 0.717) is 27.0 Å². The summed E-state index contributed by atoms with van der Waals surface area (Å²) >= 11 is 11.9. The number of hydrogen-bond acceptors (Lipinski definition) is 3. The number of benzene rings is 2. The predicted octanol–water partition coefficient (Wildman–Crippen LogP) is 3.68. The van der Waals surface area contributed by atoms with Crippen LogP contribution >= 0.6 is 23.2 Å². The zero-order valence-corrected chi connectivity index (χ0v) is 12.2. The Bertz CT molecular complexity index is 639. The zero-order valence-electron chi connectivity index (χ0n) is 10.7. The zero-order chi connectivity index (χ0) is 14.7. The summed E-state index contributed by atoms with van der Waals surface area (Å²) in [7, 11) is 1.57. The second kappa shape index (κ2) is 6.03. The lowest BCUT2D eigenvalue weighted by molar-refractivity contribution is 0.0963. The maximum atomic E-state index is 11.5. The summed E-state index contributed by atoms with van der Waals surface area (Å²) in [6.07, 6.45) is 0. The Hall–Kier alpha value is -1.91. The van der Waals surface area contributed by atoms with Gasteiger partial charge in [-0.15, -0.1) is 0 Å². The Kier molecular flexibility index (Phi) is 4.37. The highest BCUT2D eigenvalue weighted by Crippen LogP contribution is 2.28. The third kappa shape index (κ3) is 3.35. The molecule has 0 atom stereocenters. The lowest BCUT2D eigenvalue weighted by atomic mass is 10.1. The van der Waals surface area contributed by atoms with Gasteiger partial charge in [-0.25, -0.2) is 0 Å². The van der Waals surface area contributed by atoms with Gasteiger partial charge in [0.25, 0.3) is 5.91 Å². The van der Waals surface area contributed by atoms with E-state index in [9.17, 15) is 4.79 Å². The number of anilines is 3. The number of nitrogens with one attached hydrogen (secondary N) is 2. The van der Waals surface area contributed by atoms with E-state index in [4.69, 9.17) is 28.9 Å². The van der Waals surface area contributed by atoms with Crippen molar-refractivity contribution in [3.63, 3.8) is 0 Å². The van der Waals surface area contributed by atoms with Gasteiger partial charge in [0.1, 0.15) is 0 Å². The quantitative estimate of drug-likeness (QED) is 0.758. The van der Waals surface area contributed by atoms with Crippen molar-refractivity contribution in [2.45, 2.75) is 0 Å². The van der Waals surface area contributed by atoms with E-state index in [-0.39, 0.29) is 5.91 Å². The standard InChI is InChI=1S/C14H13Cl2N3O/c1-18-14(20)8-2-3-13(12(17)4-8)19-11-6-9(15)5-10(16)7-11/h2-7,19H,17H2,1H3,(H,18,20). The number of hydrogen-bond donors (Lipinski definition) is 3. The second-order valence-corrected chi connectivity index (χ2v) is 5.04. The van der Waals surface area contributed by atoms with Gasteiger partial charge in [-0.05, 0) is 36.4 Å². The van der Waals surface area contributed by atoms with Crippen LogP contribution in [0.15, 0.2) is 36.4 Å². The molecule has 2 aromatic rings. The van der Waals surface area contributed by atoms with Crippen LogP contribution in [0.5, 0.6) is 0 Å². The molecule has 4 N–H and O–H groups in total. The van der Waals surface area contributed by atoms with Gasteiger partial charge in [0, 0.05) is 28.3 Å². The number of nitrogens with two attached hydrogens (primary N) is 1. The molecule has 0 aromatic heterocycles. The molecule has 0 spiro atoms. The molecule has 0 aliphatic heterocycles. The number of nitrogen functional groups attached to an aromatic ring is 1. The fourth-order valence-electron chi connectivity index (χ4n) is 1.74. The van der Waals surface area contributed by atoms with Gasteiger partial charge < -0.3 is 16.4 Å². The lowest BCUT2D eigenvalue weighted by Crippen LogP contribution is -2.17. The number of rotatable bonds is 3. The highest BCUT2D eigenvalue weighted by atomic mass is 35.5. The molecule has 0 radical (unpaired) electrons. The maximum absolute atomic E-state index is 11.5. The number of halogens is 2. The van der Waals surface area contributed by atoms with Crippen LogP contribution in [-0.2, 0) is 0 Å². The highest BCUT2D eigenvalue weighted by molar-refractivity contribution is 6.35. The van der Waals surface area contributed by atoms with E-state index in [1.807, 2.05) is 0 Å². The van der Waals surface area contributed by atoms with Crippen molar-refractivity contribution in [2.24, 2.45) is 0 Å². The van der Waals surface area contributed by atoms with E-state index < -0.39 is 0 Å². The first-order valence-corrected chi connectivity index (χ1v) is 6.60. The Balaban J connectivity index is 2.27. The predicted molar refractivity (Wildman–Crippen MR) is 84.0 cm³/mol. The summed E-state index contributed by atoms with van der Waals surface area (Å²) in [6.45, 7) is 0. The van der Waals surface area contributed by atoms with Gasteiger partial charge in [0.2, 0.25) is 0 Å². The van der Waals surface area contributed by atoms with Crippen molar-refractivity contribution >= 4 is 46.2 Å². The third-order valence-corrected chi connectivity index (χ3v) is 3.12. The van der Waals surface area contributed by atoms with Crippen LogP contribution in [0.25, 0.3) is 0 Å². The van der Waals surface area contributed by atoms with Crippen LogP contribution in [0.4, 0.5) is 17.1 Å². The van der Waals surface area contributed by atoms with E-state index >= 15 is 0 Å². The second-order valence-electron chi connectivity index (χ2n) is 4.16. The molecular weight excluding hydrogens is 297 g/mol. The number of carbonyl (C=O) groups is 1. The summed E-state index contributed by atoms with van der Waals surface area (Å²) in [6, 6.07) is 10.1. The highest BCUT2D eigenvalue weighted by Gasteiger charge is 2.07. The van der Waals surface area contributed by atoms with Gasteiger partial charge >= 0.3 is 0 Å². The Morgan fingerprint density at radius 1 is 1.10 bits per heavy atom. The molecule has 6 heteroatoms. The van der Waals surface area contributed by atoms with E-state index in [2.05, 4.69) is 10.6 Å². The SMILES string of the molecule is CNC(=O)c1ccc(Nc2cc(Cl)cc(Cl)c2)c(N)c1. The summed E-state index contributed by atoms with van der Waals surface area (Å²) in [5.74, 6) is -0.186. The van der Waals surface area contributed by atoms with Gasteiger partial charge in [0.15, 0.2) is 0 Å². The number of amides is 1. The largest absolute Gasteiger partial charge is 0.397 e. The molecule has 0 saturated heterocycles. The Labute approximate surface area is 126 Å². The van der Waals surface area contributed by atoms with Crippen molar-refractivity contribution in [3.8, 4) is 0 Å². The van der Waals surface area contributed by atoms with Crippen LogP contribution in [0.2, 0.25) is 10.0 Å². The van der Waals surface area contributed by atoms with Crippen molar-refractivity contribution in [1.82, 2.24) is 5.32 Å². The summed E-state index contributed by atoms with van der Waals surface area (Å²) < 4.78 is 0. The van der Waals surface area contributed by atoms with Gasteiger partial charge in [-0.2, -0.15) is 0 Å². The van der Waals surface area contributed by atoms with Crippen molar-refractivity contribution in [2.75, 3.05) is 18.1 Å². The van der Waals surface area contributed by atoms with Gasteiger partial charge in [0.05, 0.1) is 11.4 Å². The molecule has 0 heterocycles. The molecule has 1 amide bonds. The van der Waals surface area contributed by atoms with Crippen LogP contribution in [0, 0.1) is 0 Å². The first-order valence-electron chi connectivity index (χ1n) is 5.84. The van der Waals surface area contributed by atoms with Crippen LogP contribution in [-0.4, -0.2) is 13.0 Å². The molecule has 2 aromatic carbocycles. The minimum atomic E-state index is -0.186. The van der Waals surface area contributed by atoms with Crippen LogP contribution < -0.4 is 16.4 Å². The molecule has 0 aliphatic rings. The van der Waals surface area contributed by atoms with E-state index in [1.54, 1.807) is 43.4 Å². The fraction of sp³-hybridized carbons (Fsp3) is 0.0714. The summed E-state index contributed by atoms with van der Waals surface area (Å²) in [5.41, 5.74) is 8.29. The molecule has 0 bridgehead atoms. The smallest absolute Gasteiger partial charge is 0.251 e. The molecule has 4 nitrogen and oxygen atoms in total. The Morgan fingerprint density at radius 3 is 2.30 bits per heavy atom. The normalized spacial score (nSPS) is 10.2. The first-order chi connectivity index (χ1) is 9.49. The Morgan fingerprint density at radius 2 is 1.75 bits per heavy atom. The molecule has 0 fully saturated rings. The van der Waals surface area contributed by atoms with Crippen LogP contribution in [0.3, 0.4) is 0 Å². The topological polar surface area (TPSA) is 67.2 Å².